The molecule has 0 spiro atoms. The first-order valence-corrected chi connectivity index (χ1v) is 6.38. The van der Waals surface area contributed by atoms with E-state index in [0.29, 0.717) is 6.61 Å². The second-order valence-corrected chi connectivity index (χ2v) is 4.53. The van der Waals surface area contributed by atoms with Gasteiger partial charge in [-0.2, -0.15) is 0 Å². The predicted molar refractivity (Wildman–Crippen MR) is 76.0 cm³/mol. The molecule has 1 aliphatic heterocycles. The van der Waals surface area contributed by atoms with E-state index in [1.165, 1.54) is 12.1 Å². The van der Waals surface area contributed by atoms with Crippen LogP contribution in [0, 0.1) is 5.82 Å². The number of nitrogens with zero attached hydrogens (tertiary/aromatic N) is 1. The summed E-state index contributed by atoms with van der Waals surface area (Å²) in [5.74, 6) is -0.240. The summed E-state index contributed by atoms with van der Waals surface area (Å²) in [6, 6.07) is 6.49. The van der Waals surface area contributed by atoms with E-state index in [1.54, 1.807) is 31.5 Å². The fourth-order valence-corrected chi connectivity index (χ4v) is 2.53. The van der Waals surface area contributed by atoms with Crippen molar-refractivity contribution in [1.29, 1.82) is 0 Å². The molecule has 3 heteroatoms. The molecule has 2 rings (SSSR count). The van der Waals surface area contributed by atoms with E-state index in [1.807, 2.05) is 6.08 Å². The van der Waals surface area contributed by atoms with Gasteiger partial charge in [0.1, 0.15) is 11.4 Å². The Kier molecular flexibility index (Phi) is 4.27. The second kappa shape index (κ2) is 5.93. The molecule has 0 saturated carbocycles. The van der Waals surface area contributed by atoms with Crippen LogP contribution in [0.1, 0.15) is 18.4 Å². The van der Waals surface area contributed by atoms with Gasteiger partial charge in [-0.25, -0.2) is 4.39 Å². The van der Waals surface area contributed by atoms with Crippen molar-refractivity contribution in [3.8, 4) is 0 Å². The SMILES string of the molecule is C=C/C=C(\C=NC)C1(c2ccc(F)cc2)CCCO1. The highest BCUT2D eigenvalue weighted by atomic mass is 19.1. The standard InChI is InChI=1S/C16H18FNO/c1-3-5-14(12-18-2)16(10-4-11-19-16)13-6-8-15(17)9-7-13/h3,5-9,12H,1,4,10-11H2,2H3/b14-5+,18-12?. The summed E-state index contributed by atoms with van der Waals surface area (Å²) >= 11 is 0. The minimum atomic E-state index is -0.526. The van der Waals surface area contributed by atoms with Gasteiger partial charge in [0.15, 0.2) is 0 Å². The van der Waals surface area contributed by atoms with Crippen LogP contribution in [0.25, 0.3) is 0 Å². The molecular formula is C16H18FNO. The number of hydrogen-bond acceptors (Lipinski definition) is 2. The third-order valence-corrected chi connectivity index (χ3v) is 3.36. The van der Waals surface area contributed by atoms with E-state index in [9.17, 15) is 4.39 Å². The van der Waals surface area contributed by atoms with Gasteiger partial charge in [0.05, 0.1) is 0 Å². The van der Waals surface area contributed by atoms with Crippen molar-refractivity contribution >= 4 is 6.21 Å². The molecule has 1 saturated heterocycles. The van der Waals surface area contributed by atoms with E-state index >= 15 is 0 Å². The van der Waals surface area contributed by atoms with E-state index in [4.69, 9.17) is 4.74 Å². The van der Waals surface area contributed by atoms with Crippen LogP contribution < -0.4 is 0 Å². The zero-order chi connectivity index (χ0) is 13.7. The molecule has 1 atom stereocenters. The van der Waals surface area contributed by atoms with Gasteiger partial charge in [0.25, 0.3) is 0 Å². The van der Waals surface area contributed by atoms with Crippen molar-refractivity contribution in [2.45, 2.75) is 18.4 Å². The number of rotatable bonds is 4. The van der Waals surface area contributed by atoms with Crippen LogP contribution in [-0.4, -0.2) is 19.9 Å². The average molecular weight is 259 g/mol. The van der Waals surface area contributed by atoms with Gasteiger partial charge in [-0.05, 0) is 30.5 Å². The molecule has 2 nitrogen and oxygen atoms in total. The van der Waals surface area contributed by atoms with Crippen LogP contribution in [-0.2, 0) is 10.3 Å². The van der Waals surface area contributed by atoms with Gasteiger partial charge in [-0.15, -0.1) is 0 Å². The Balaban J connectivity index is 2.50. The number of hydrogen-bond donors (Lipinski definition) is 0. The molecule has 1 aromatic carbocycles. The molecule has 0 aromatic heterocycles. The molecule has 100 valence electrons. The lowest BCUT2D eigenvalue weighted by Gasteiger charge is -2.30. The highest BCUT2D eigenvalue weighted by molar-refractivity contribution is 5.82. The molecule has 1 unspecified atom stereocenters. The smallest absolute Gasteiger partial charge is 0.123 e. The highest BCUT2D eigenvalue weighted by Gasteiger charge is 2.39. The Labute approximate surface area is 113 Å². The summed E-state index contributed by atoms with van der Waals surface area (Å²) in [4.78, 5) is 4.09. The number of allylic oxidation sites excluding steroid dienone is 2. The third kappa shape index (κ3) is 2.66. The Hall–Kier alpha value is -1.74. The van der Waals surface area contributed by atoms with Crippen LogP contribution in [0.15, 0.2) is 53.6 Å². The Morgan fingerprint density at radius 3 is 2.68 bits per heavy atom. The van der Waals surface area contributed by atoms with E-state index in [0.717, 1.165) is 24.0 Å². The molecule has 1 fully saturated rings. The number of ether oxygens (including phenoxy) is 1. The van der Waals surface area contributed by atoms with Crippen LogP contribution in [0.5, 0.6) is 0 Å². The number of benzene rings is 1. The third-order valence-electron chi connectivity index (χ3n) is 3.36. The molecule has 0 N–H and O–H groups in total. The molecule has 0 aliphatic carbocycles. The lowest BCUT2D eigenvalue weighted by Crippen LogP contribution is -2.28. The fourth-order valence-electron chi connectivity index (χ4n) is 2.53. The van der Waals surface area contributed by atoms with E-state index in [-0.39, 0.29) is 5.82 Å². The summed E-state index contributed by atoms with van der Waals surface area (Å²) in [5, 5.41) is 0. The minimum Gasteiger partial charge on any atom is -0.365 e. The summed E-state index contributed by atoms with van der Waals surface area (Å²) in [6.45, 7) is 4.44. The summed E-state index contributed by atoms with van der Waals surface area (Å²) in [6.07, 6.45) is 7.26. The summed E-state index contributed by atoms with van der Waals surface area (Å²) in [5.41, 5.74) is 1.38. The maximum absolute atomic E-state index is 13.1. The normalized spacial score (nSPS) is 24.0. The molecule has 1 heterocycles. The summed E-state index contributed by atoms with van der Waals surface area (Å²) < 4.78 is 19.1. The van der Waals surface area contributed by atoms with Crippen molar-refractivity contribution in [1.82, 2.24) is 0 Å². The molecule has 0 amide bonds. The van der Waals surface area contributed by atoms with Crippen molar-refractivity contribution in [3.63, 3.8) is 0 Å². The topological polar surface area (TPSA) is 21.6 Å². The maximum Gasteiger partial charge on any atom is 0.123 e. The van der Waals surface area contributed by atoms with Gasteiger partial charge in [0.2, 0.25) is 0 Å². The van der Waals surface area contributed by atoms with Gasteiger partial charge < -0.3 is 4.74 Å². The molecular weight excluding hydrogens is 241 g/mol. The van der Waals surface area contributed by atoms with E-state index < -0.39 is 5.60 Å². The lowest BCUT2D eigenvalue weighted by atomic mass is 9.83. The molecule has 19 heavy (non-hydrogen) atoms. The van der Waals surface area contributed by atoms with Gasteiger partial charge >= 0.3 is 0 Å². The molecule has 0 bridgehead atoms. The molecule has 1 aromatic rings. The van der Waals surface area contributed by atoms with Crippen LogP contribution in [0.2, 0.25) is 0 Å². The first-order valence-electron chi connectivity index (χ1n) is 6.38. The van der Waals surface area contributed by atoms with Crippen molar-refractivity contribution in [2.75, 3.05) is 13.7 Å². The van der Waals surface area contributed by atoms with Gasteiger partial charge in [-0.3, -0.25) is 4.99 Å². The van der Waals surface area contributed by atoms with Crippen LogP contribution in [0.3, 0.4) is 0 Å². The Morgan fingerprint density at radius 1 is 1.42 bits per heavy atom. The summed E-state index contributed by atoms with van der Waals surface area (Å²) in [7, 11) is 1.73. The first-order chi connectivity index (χ1) is 9.23. The monoisotopic (exact) mass is 259 g/mol. The molecule has 1 aliphatic rings. The lowest BCUT2D eigenvalue weighted by molar-refractivity contribution is 0.0377. The van der Waals surface area contributed by atoms with Crippen molar-refractivity contribution in [3.05, 3.63) is 60.0 Å². The predicted octanol–water partition coefficient (Wildman–Crippen LogP) is 3.64. The number of halogens is 1. The largest absolute Gasteiger partial charge is 0.365 e. The Bertz CT molecular complexity index is 496. The van der Waals surface area contributed by atoms with Gasteiger partial charge in [0, 0.05) is 25.4 Å². The van der Waals surface area contributed by atoms with Crippen LogP contribution in [0.4, 0.5) is 4.39 Å². The van der Waals surface area contributed by atoms with Crippen molar-refractivity contribution < 1.29 is 9.13 Å². The first kappa shape index (κ1) is 13.7. The maximum atomic E-state index is 13.1. The van der Waals surface area contributed by atoms with E-state index in [2.05, 4.69) is 11.6 Å². The average Bonchev–Trinajstić information content (AvgIpc) is 2.90. The fraction of sp³-hybridized carbons (Fsp3) is 0.312. The minimum absolute atomic E-state index is 0.240. The van der Waals surface area contributed by atoms with Crippen LogP contribution >= 0.6 is 0 Å². The Morgan fingerprint density at radius 2 is 2.16 bits per heavy atom. The van der Waals surface area contributed by atoms with Crippen molar-refractivity contribution in [2.24, 2.45) is 4.99 Å². The zero-order valence-corrected chi connectivity index (χ0v) is 11.1. The number of aliphatic imine (C=N–C) groups is 1. The molecule has 0 radical (unpaired) electrons. The second-order valence-electron chi connectivity index (χ2n) is 4.53. The zero-order valence-electron chi connectivity index (χ0n) is 11.1. The van der Waals surface area contributed by atoms with Gasteiger partial charge in [-0.1, -0.05) is 30.9 Å². The quantitative estimate of drug-likeness (QED) is 0.597. The highest BCUT2D eigenvalue weighted by Crippen LogP contribution is 2.41.